The monoisotopic (exact) mass is 438 g/mol. The minimum atomic E-state index is -3.80. The van der Waals surface area contributed by atoms with Crippen LogP contribution in [0.15, 0.2) is 35.2 Å². The first-order valence-corrected chi connectivity index (χ1v) is 10.4. The number of nitrogens with zero attached hydrogens (tertiary/aromatic N) is 1. The van der Waals surface area contributed by atoms with Crippen LogP contribution in [-0.2, 0) is 16.6 Å². The number of ether oxygens (including phenoxy) is 4. The van der Waals surface area contributed by atoms with Crippen LogP contribution in [0.2, 0.25) is 0 Å². The molecule has 0 atom stereocenters. The minimum Gasteiger partial charge on any atom is -0.495 e. The van der Waals surface area contributed by atoms with Crippen molar-refractivity contribution < 1.29 is 32.2 Å². The topological polar surface area (TPSA) is 103 Å². The van der Waals surface area contributed by atoms with Crippen LogP contribution in [0.4, 0.5) is 0 Å². The molecule has 0 aliphatic heterocycles. The van der Waals surface area contributed by atoms with Crippen molar-refractivity contribution in [1.29, 1.82) is 0 Å². The second kappa shape index (κ2) is 9.68. The number of carbonyl (C=O) groups is 1. The number of carbonyl (C=O) groups excluding carboxylic acids is 1. The Kier molecular flexibility index (Phi) is 7.52. The molecule has 164 valence electrons. The molecule has 9 nitrogen and oxygen atoms in total. The van der Waals surface area contributed by atoms with Gasteiger partial charge in [-0.05, 0) is 42.9 Å². The molecule has 0 heterocycles. The molecule has 2 aromatic carbocycles. The predicted octanol–water partition coefficient (Wildman–Crippen LogP) is 1.90. The van der Waals surface area contributed by atoms with Crippen LogP contribution in [0, 0.1) is 0 Å². The zero-order chi connectivity index (χ0) is 22.5. The zero-order valence-electron chi connectivity index (χ0n) is 17.8. The van der Waals surface area contributed by atoms with E-state index in [1.165, 1.54) is 58.6 Å². The number of methoxy groups -OCH3 is 4. The van der Waals surface area contributed by atoms with Gasteiger partial charge in [-0.25, -0.2) is 13.1 Å². The zero-order valence-corrected chi connectivity index (χ0v) is 18.6. The molecule has 1 amide bonds. The molecule has 0 fully saturated rings. The van der Waals surface area contributed by atoms with Crippen molar-refractivity contribution in [3.8, 4) is 23.0 Å². The number of rotatable bonds is 9. The molecular weight excluding hydrogens is 412 g/mol. The van der Waals surface area contributed by atoms with E-state index >= 15 is 0 Å². The van der Waals surface area contributed by atoms with Gasteiger partial charge in [0.05, 0.1) is 28.4 Å². The van der Waals surface area contributed by atoms with Gasteiger partial charge in [-0.3, -0.25) is 4.79 Å². The van der Waals surface area contributed by atoms with Crippen LogP contribution in [0.1, 0.15) is 15.9 Å². The Morgan fingerprint density at radius 3 is 1.97 bits per heavy atom. The highest BCUT2D eigenvalue weighted by atomic mass is 32.2. The SMILES string of the molecule is CNS(=O)(=O)c1cc(C(=O)N(C)Cc2cc(OC)c(OC)c(OC)c2)ccc1OC. The lowest BCUT2D eigenvalue weighted by Crippen LogP contribution is -2.27. The molecule has 0 aliphatic rings. The second-order valence-corrected chi connectivity index (χ2v) is 8.12. The van der Waals surface area contributed by atoms with Gasteiger partial charge in [-0.15, -0.1) is 0 Å². The summed E-state index contributed by atoms with van der Waals surface area (Å²) in [6, 6.07) is 7.75. The summed E-state index contributed by atoms with van der Waals surface area (Å²) >= 11 is 0. The number of sulfonamides is 1. The number of hydrogen-bond acceptors (Lipinski definition) is 7. The molecule has 2 aromatic rings. The Hall–Kier alpha value is -2.98. The van der Waals surface area contributed by atoms with Crippen molar-refractivity contribution in [2.75, 3.05) is 42.5 Å². The standard InChI is InChI=1S/C20H26N2O7S/c1-21-30(24,25)18-11-14(7-8-15(18)26-3)20(23)22(2)12-13-9-16(27-4)19(29-6)17(10-13)28-5/h7-11,21H,12H2,1-6H3. The predicted molar refractivity (Wildman–Crippen MR) is 111 cm³/mol. The number of nitrogens with one attached hydrogen (secondary N) is 1. The summed E-state index contributed by atoms with van der Waals surface area (Å²) in [4.78, 5) is 14.3. The average Bonchev–Trinajstić information content (AvgIpc) is 2.77. The molecule has 30 heavy (non-hydrogen) atoms. The van der Waals surface area contributed by atoms with E-state index in [1.807, 2.05) is 0 Å². The number of amides is 1. The highest BCUT2D eigenvalue weighted by Crippen LogP contribution is 2.38. The molecule has 0 bridgehead atoms. The van der Waals surface area contributed by atoms with Crippen LogP contribution in [0.3, 0.4) is 0 Å². The van der Waals surface area contributed by atoms with Crippen molar-refractivity contribution >= 4 is 15.9 Å². The maximum Gasteiger partial charge on any atom is 0.253 e. The summed E-state index contributed by atoms with van der Waals surface area (Å²) in [6.45, 7) is 0.232. The summed E-state index contributed by atoms with van der Waals surface area (Å²) in [5.41, 5.74) is 0.955. The lowest BCUT2D eigenvalue weighted by Gasteiger charge is -2.20. The van der Waals surface area contributed by atoms with Crippen LogP contribution < -0.4 is 23.7 Å². The van der Waals surface area contributed by atoms with E-state index in [4.69, 9.17) is 18.9 Å². The van der Waals surface area contributed by atoms with Gasteiger partial charge in [0, 0.05) is 19.2 Å². The maximum atomic E-state index is 12.9. The third-order valence-corrected chi connectivity index (χ3v) is 5.90. The molecule has 0 saturated carbocycles. The number of benzene rings is 2. The van der Waals surface area contributed by atoms with Gasteiger partial charge in [-0.2, -0.15) is 0 Å². The highest BCUT2D eigenvalue weighted by molar-refractivity contribution is 7.89. The van der Waals surface area contributed by atoms with Crippen molar-refractivity contribution in [2.24, 2.45) is 0 Å². The maximum absolute atomic E-state index is 12.9. The highest BCUT2D eigenvalue weighted by Gasteiger charge is 2.22. The van der Waals surface area contributed by atoms with Crippen molar-refractivity contribution in [3.05, 3.63) is 41.5 Å². The molecule has 0 unspecified atom stereocenters. The Morgan fingerprint density at radius 2 is 1.50 bits per heavy atom. The van der Waals surface area contributed by atoms with E-state index in [1.54, 1.807) is 19.2 Å². The quantitative estimate of drug-likeness (QED) is 0.638. The van der Waals surface area contributed by atoms with E-state index < -0.39 is 10.0 Å². The van der Waals surface area contributed by atoms with E-state index in [0.29, 0.717) is 17.2 Å². The molecule has 0 aromatic heterocycles. The minimum absolute atomic E-state index is 0.112. The van der Waals surface area contributed by atoms with Gasteiger partial charge in [0.15, 0.2) is 11.5 Å². The van der Waals surface area contributed by atoms with Gasteiger partial charge < -0.3 is 23.8 Å². The fraction of sp³-hybridized carbons (Fsp3) is 0.350. The summed E-state index contributed by atoms with van der Waals surface area (Å²) in [5, 5.41) is 0. The lowest BCUT2D eigenvalue weighted by molar-refractivity contribution is 0.0784. The van der Waals surface area contributed by atoms with Gasteiger partial charge in [0.2, 0.25) is 15.8 Å². The summed E-state index contributed by atoms with van der Waals surface area (Å²) in [6.07, 6.45) is 0. The van der Waals surface area contributed by atoms with E-state index in [2.05, 4.69) is 4.72 Å². The van der Waals surface area contributed by atoms with Gasteiger partial charge in [0.1, 0.15) is 10.6 Å². The molecule has 1 N–H and O–H groups in total. The van der Waals surface area contributed by atoms with E-state index in [-0.39, 0.29) is 28.7 Å². The average molecular weight is 439 g/mol. The fourth-order valence-electron chi connectivity index (χ4n) is 2.92. The van der Waals surface area contributed by atoms with Crippen LogP contribution >= 0.6 is 0 Å². The molecule has 0 spiro atoms. The van der Waals surface area contributed by atoms with Gasteiger partial charge >= 0.3 is 0 Å². The van der Waals surface area contributed by atoms with Crippen LogP contribution in [0.5, 0.6) is 23.0 Å². The lowest BCUT2D eigenvalue weighted by atomic mass is 10.1. The molecule has 0 radical (unpaired) electrons. The van der Waals surface area contributed by atoms with Crippen LogP contribution in [0.25, 0.3) is 0 Å². The Balaban J connectivity index is 2.36. The van der Waals surface area contributed by atoms with Crippen molar-refractivity contribution in [3.63, 3.8) is 0 Å². The van der Waals surface area contributed by atoms with Gasteiger partial charge in [0.25, 0.3) is 5.91 Å². The Labute approximate surface area is 176 Å². The largest absolute Gasteiger partial charge is 0.495 e. The third kappa shape index (κ3) is 4.77. The number of hydrogen-bond donors (Lipinski definition) is 1. The van der Waals surface area contributed by atoms with Gasteiger partial charge in [-0.1, -0.05) is 0 Å². The van der Waals surface area contributed by atoms with E-state index in [0.717, 1.165) is 5.56 Å². The first-order chi connectivity index (χ1) is 14.2. The summed E-state index contributed by atoms with van der Waals surface area (Å²) < 4.78 is 47.9. The molecule has 2 rings (SSSR count). The van der Waals surface area contributed by atoms with Crippen molar-refractivity contribution in [2.45, 2.75) is 11.4 Å². The molecular formula is C20H26N2O7S. The fourth-order valence-corrected chi connectivity index (χ4v) is 3.84. The molecule has 0 saturated heterocycles. The van der Waals surface area contributed by atoms with Crippen LogP contribution in [-0.4, -0.2) is 61.8 Å². The third-order valence-electron chi connectivity index (χ3n) is 4.46. The molecule has 10 heteroatoms. The van der Waals surface area contributed by atoms with E-state index in [9.17, 15) is 13.2 Å². The summed E-state index contributed by atoms with van der Waals surface area (Å²) in [7, 11) is 5.00. The normalized spacial score (nSPS) is 11.0. The summed E-state index contributed by atoms with van der Waals surface area (Å²) in [5.74, 6) is 1.18. The Bertz CT molecular complexity index is 997. The molecule has 0 aliphatic carbocycles. The first kappa shape index (κ1) is 23.3. The first-order valence-electron chi connectivity index (χ1n) is 8.88. The smallest absolute Gasteiger partial charge is 0.253 e. The second-order valence-electron chi connectivity index (χ2n) is 6.27. The Morgan fingerprint density at radius 1 is 0.933 bits per heavy atom. The van der Waals surface area contributed by atoms with Crippen molar-refractivity contribution in [1.82, 2.24) is 9.62 Å².